The molecule has 25 heavy (non-hydrogen) atoms. The molecule has 142 valence electrons. The van der Waals surface area contributed by atoms with E-state index in [9.17, 15) is 9.90 Å². The van der Waals surface area contributed by atoms with Gasteiger partial charge < -0.3 is 14.9 Å². The predicted molar refractivity (Wildman–Crippen MR) is 98.3 cm³/mol. The molecule has 2 aliphatic carbocycles. The third-order valence-electron chi connectivity index (χ3n) is 7.10. The molecule has 0 aromatic rings. The summed E-state index contributed by atoms with van der Waals surface area (Å²) in [6.45, 7) is 7.66. The summed E-state index contributed by atoms with van der Waals surface area (Å²) in [5.74, 6) is 1.61. The molecule has 1 amide bonds. The molecule has 2 heterocycles. The van der Waals surface area contributed by atoms with Crippen LogP contribution >= 0.6 is 0 Å². The van der Waals surface area contributed by atoms with E-state index < -0.39 is 5.60 Å². The van der Waals surface area contributed by atoms with E-state index in [1.54, 1.807) is 0 Å². The van der Waals surface area contributed by atoms with E-state index in [-0.39, 0.29) is 5.91 Å². The van der Waals surface area contributed by atoms with Crippen molar-refractivity contribution in [1.29, 1.82) is 0 Å². The molecule has 0 unspecified atom stereocenters. The van der Waals surface area contributed by atoms with Gasteiger partial charge in [0.2, 0.25) is 0 Å². The van der Waals surface area contributed by atoms with Crippen molar-refractivity contribution in [3.8, 4) is 0 Å². The van der Waals surface area contributed by atoms with Gasteiger partial charge in [-0.05, 0) is 50.4 Å². The average molecular weight is 350 g/mol. The molecule has 2 aliphatic heterocycles. The molecule has 4 fully saturated rings. The average Bonchev–Trinajstić information content (AvgIpc) is 2.52. The Hall–Kier alpha value is -0.650. The minimum Gasteiger partial charge on any atom is -0.379 e. The van der Waals surface area contributed by atoms with Crippen LogP contribution in [-0.2, 0) is 4.79 Å². The van der Waals surface area contributed by atoms with E-state index in [0.717, 1.165) is 51.6 Å². The lowest BCUT2D eigenvalue weighted by molar-refractivity contribution is -0.161. The number of carbonyl (C=O) groups excluding carboxylic acids is 1. The van der Waals surface area contributed by atoms with Crippen molar-refractivity contribution in [2.24, 2.45) is 11.8 Å². The zero-order chi connectivity index (χ0) is 17.3. The van der Waals surface area contributed by atoms with Crippen molar-refractivity contribution in [3.05, 3.63) is 0 Å². The fourth-order valence-corrected chi connectivity index (χ4v) is 4.91. The first-order chi connectivity index (χ1) is 12.1. The first-order valence-corrected chi connectivity index (χ1v) is 10.6. The fraction of sp³-hybridized carbons (Fsp3) is 0.950. The van der Waals surface area contributed by atoms with E-state index >= 15 is 0 Å². The molecule has 1 N–H and O–H groups in total. The Morgan fingerprint density at radius 1 is 0.840 bits per heavy atom. The Bertz CT molecular complexity index is 470. The number of aliphatic hydroxyl groups is 1. The second kappa shape index (κ2) is 7.53. The van der Waals surface area contributed by atoms with E-state index in [4.69, 9.17) is 0 Å². The molecule has 4 rings (SSSR count). The molecule has 0 radical (unpaired) electrons. The number of nitrogens with zero attached hydrogens (tertiary/aromatic N) is 3. The van der Waals surface area contributed by atoms with Crippen LogP contribution in [0, 0.1) is 11.8 Å². The number of hydrogen-bond acceptors (Lipinski definition) is 4. The molecule has 4 aliphatic rings. The maximum Gasteiger partial charge on any atom is 0.255 e. The Morgan fingerprint density at radius 2 is 1.44 bits per heavy atom. The van der Waals surface area contributed by atoms with E-state index in [0.29, 0.717) is 18.9 Å². The summed E-state index contributed by atoms with van der Waals surface area (Å²) in [6, 6.07) is 0. The van der Waals surface area contributed by atoms with E-state index in [1.165, 1.54) is 45.1 Å². The first-order valence-electron chi connectivity index (χ1n) is 10.6. The van der Waals surface area contributed by atoms with Gasteiger partial charge in [-0.1, -0.05) is 12.8 Å². The Balaban J connectivity index is 1.26. The van der Waals surface area contributed by atoms with Gasteiger partial charge in [-0.3, -0.25) is 9.69 Å². The highest BCUT2D eigenvalue weighted by Gasteiger charge is 2.44. The molecule has 0 bridgehead atoms. The normalized spacial score (nSPS) is 33.3. The minimum atomic E-state index is -1.14. The second-order valence-corrected chi connectivity index (χ2v) is 9.06. The lowest BCUT2D eigenvalue weighted by Crippen LogP contribution is -2.61. The number of piperidine rings is 1. The Morgan fingerprint density at radius 3 is 2.04 bits per heavy atom. The molecule has 5 heteroatoms. The maximum absolute atomic E-state index is 12.9. The van der Waals surface area contributed by atoms with Crippen molar-refractivity contribution in [1.82, 2.24) is 14.7 Å². The zero-order valence-electron chi connectivity index (χ0n) is 15.7. The first kappa shape index (κ1) is 17.7. The standard InChI is InChI=1S/C20H35N3O2/c24-19-20(25,8-3-9-23(19)15-18-6-2-7-18)16-22-12-10-21(11-13-22)14-17-4-1-5-17/h17-18,25H,1-16H2/t20-/m1/s1. The third-order valence-corrected chi connectivity index (χ3v) is 7.10. The fourth-order valence-electron chi connectivity index (χ4n) is 4.91. The van der Waals surface area contributed by atoms with Gasteiger partial charge in [0.05, 0.1) is 0 Å². The van der Waals surface area contributed by atoms with Crippen LogP contribution in [0.4, 0.5) is 0 Å². The topological polar surface area (TPSA) is 47.0 Å². The summed E-state index contributed by atoms with van der Waals surface area (Å²) < 4.78 is 0. The minimum absolute atomic E-state index is 0.00236. The number of β-amino-alcohol motifs (C(OH)–C–C–N with tert-alkyl or cyclic N) is 1. The molecule has 1 atom stereocenters. The SMILES string of the molecule is O=C1N(CC2CCC2)CCC[C@@]1(O)CN1CCN(CC2CCC2)CC1. The van der Waals surface area contributed by atoms with Crippen molar-refractivity contribution in [2.75, 3.05) is 52.4 Å². The Labute approximate surface area is 152 Å². The molecule has 0 spiro atoms. The van der Waals surface area contributed by atoms with E-state index in [2.05, 4.69) is 9.80 Å². The summed E-state index contributed by atoms with van der Waals surface area (Å²) in [5, 5.41) is 11.1. The predicted octanol–water partition coefficient (Wildman–Crippen LogP) is 1.56. The lowest BCUT2D eigenvalue weighted by atomic mass is 9.83. The van der Waals surface area contributed by atoms with Gasteiger partial charge in [0, 0.05) is 52.4 Å². The molecule has 2 saturated carbocycles. The highest BCUT2D eigenvalue weighted by Crippen LogP contribution is 2.31. The van der Waals surface area contributed by atoms with Crippen molar-refractivity contribution in [3.63, 3.8) is 0 Å². The second-order valence-electron chi connectivity index (χ2n) is 9.06. The number of likely N-dealkylation sites (tertiary alicyclic amines) is 1. The van der Waals surface area contributed by atoms with Crippen molar-refractivity contribution in [2.45, 2.75) is 57.0 Å². The highest BCUT2D eigenvalue weighted by molar-refractivity contribution is 5.86. The van der Waals surface area contributed by atoms with Gasteiger partial charge in [0.25, 0.3) is 5.91 Å². The van der Waals surface area contributed by atoms with Crippen molar-refractivity contribution < 1.29 is 9.90 Å². The van der Waals surface area contributed by atoms with Gasteiger partial charge in [-0.15, -0.1) is 0 Å². The summed E-state index contributed by atoms with van der Waals surface area (Å²) in [6.07, 6.45) is 9.62. The van der Waals surface area contributed by atoms with Crippen molar-refractivity contribution >= 4 is 5.91 Å². The maximum atomic E-state index is 12.9. The molecular formula is C20H35N3O2. The van der Waals surface area contributed by atoms with Gasteiger partial charge in [0.1, 0.15) is 0 Å². The Kier molecular flexibility index (Phi) is 5.35. The smallest absolute Gasteiger partial charge is 0.255 e. The van der Waals surface area contributed by atoms with Crippen LogP contribution in [0.1, 0.15) is 51.4 Å². The van der Waals surface area contributed by atoms with Gasteiger partial charge in [0.15, 0.2) is 5.60 Å². The number of carbonyl (C=O) groups is 1. The third kappa shape index (κ3) is 4.04. The van der Waals surface area contributed by atoms with Crippen LogP contribution in [-0.4, -0.2) is 83.7 Å². The van der Waals surface area contributed by atoms with Gasteiger partial charge in [-0.2, -0.15) is 0 Å². The van der Waals surface area contributed by atoms with Crippen LogP contribution in [0.3, 0.4) is 0 Å². The quantitative estimate of drug-likeness (QED) is 0.790. The summed E-state index contributed by atoms with van der Waals surface area (Å²) in [5.41, 5.74) is -1.14. The summed E-state index contributed by atoms with van der Waals surface area (Å²) in [7, 11) is 0. The van der Waals surface area contributed by atoms with Crippen LogP contribution in [0.5, 0.6) is 0 Å². The highest BCUT2D eigenvalue weighted by atomic mass is 16.3. The number of hydrogen-bond donors (Lipinski definition) is 1. The number of amides is 1. The largest absolute Gasteiger partial charge is 0.379 e. The van der Waals surface area contributed by atoms with Crippen LogP contribution in [0.25, 0.3) is 0 Å². The molecular weight excluding hydrogens is 314 g/mol. The zero-order valence-corrected chi connectivity index (χ0v) is 15.7. The van der Waals surface area contributed by atoms with Crippen LogP contribution < -0.4 is 0 Å². The molecule has 0 aromatic carbocycles. The van der Waals surface area contributed by atoms with E-state index in [1.807, 2.05) is 4.90 Å². The van der Waals surface area contributed by atoms with Gasteiger partial charge in [-0.25, -0.2) is 0 Å². The molecule has 2 saturated heterocycles. The van der Waals surface area contributed by atoms with Crippen LogP contribution in [0.15, 0.2) is 0 Å². The monoisotopic (exact) mass is 349 g/mol. The number of piperazine rings is 1. The molecule has 0 aromatic heterocycles. The van der Waals surface area contributed by atoms with Crippen LogP contribution in [0.2, 0.25) is 0 Å². The number of rotatable bonds is 6. The lowest BCUT2D eigenvalue weighted by Gasteiger charge is -2.45. The summed E-state index contributed by atoms with van der Waals surface area (Å²) in [4.78, 5) is 19.8. The summed E-state index contributed by atoms with van der Waals surface area (Å²) >= 11 is 0. The molecule has 5 nitrogen and oxygen atoms in total. The van der Waals surface area contributed by atoms with Gasteiger partial charge >= 0.3 is 0 Å².